The van der Waals surface area contributed by atoms with E-state index >= 15 is 0 Å². The number of anilines is 1. The number of nitrogens with one attached hydrogen (secondary N) is 1. The van der Waals surface area contributed by atoms with Crippen LogP contribution in [0.5, 0.6) is 0 Å². The molecule has 14 heavy (non-hydrogen) atoms. The summed E-state index contributed by atoms with van der Waals surface area (Å²) >= 11 is 3.51. The summed E-state index contributed by atoms with van der Waals surface area (Å²) in [6, 6.07) is 6.17. The highest BCUT2D eigenvalue weighted by atomic mass is 79.9. The maximum atomic E-state index is 3.97. The largest absolute Gasteiger partial charge is 0.381 e. The first-order valence-electron chi connectivity index (χ1n) is 4.80. The van der Waals surface area contributed by atoms with Gasteiger partial charge in [0.1, 0.15) is 0 Å². The van der Waals surface area contributed by atoms with Crippen molar-refractivity contribution in [3.8, 4) is 0 Å². The van der Waals surface area contributed by atoms with Crippen LogP contribution in [0.2, 0.25) is 0 Å². The summed E-state index contributed by atoms with van der Waals surface area (Å²) in [7, 11) is 0. The van der Waals surface area contributed by atoms with Gasteiger partial charge in [-0.1, -0.05) is 41.1 Å². The highest BCUT2D eigenvalue weighted by molar-refractivity contribution is 9.10. The van der Waals surface area contributed by atoms with E-state index in [4.69, 9.17) is 0 Å². The Labute approximate surface area is 94.3 Å². The lowest BCUT2D eigenvalue weighted by Gasteiger charge is -2.11. The van der Waals surface area contributed by atoms with Gasteiger partial charge >= 0.3 is 0 Å². The summed E-state index contributed by atoms with van der Waals surface area (Å²) in [4.78, 5) is 0. The first-order valence-corrected chi connectivity index (χ1v) is 5.60. The van der Waals surface area contributed by atoms with Gasteiger partial charge in [0, 0.05) is 16.7 Å². The third-order valence-electron chi connectivity index (χ3n) is 2.30. The smallest absolute Gasteiger partial charge is 0.0383 e. The SMILES string of the molecule is C=C(CC)CNc1cccc(Br)c1C. The molecule has 0 aliphatic heterocycles. The van der Waals surface area contributed by atoms with Gasteiger partial charge in [0.15, 0.2) is 0 Å². The molecule has 1 rings (SSSR count). The van der Waals surface area contributed by atoms with E-state index in [0.717, 1.165) is 17.4 Å². The van der Waals surface area contributed by atoms with E-state index < -0.39 is 0 Å². The minimum absolute atomic E-state index is 0.855. The first-order chi connectivity index (χ1) is 6.65. The van der Waals surface area contributed by atoms with Gasteiger partial charge in [0.25, 0.3) is 0 Å². The average molecular weight is 254 g/mol. The zero-order valence-corrected chi connectivity index (χ0v) is 10.3. The van der Waals surface area contributed by atoms with Gasteiger partial charge in [-0.3, -0.25) is 0 Å². The van der Waals surface area contributed by atoms with Crippen LogP contribution in [-0.4, -0.2) is 6.54 Å². The van der Waals surface area contributed by atoms with Crippen molar-refractivity contribution in [3.63, 3.8) is 0 Å². The second-order valence-electron chi connectivity index (χ2n) is 3.37. The van der Waals surface area contributed by atoms with Gasteiger partial charge in [0.05, 0.1) is 0 Å². The molecule has 2 heteroatoms. The standard InChI is InChI=1S/C12H16BrN/c1-4-9(2)8-14-12-7-5-6-11(13)10(12)3/h5-7,14H,2,4,8H2,1,3H3. The molecule has 0 spiro atoms. The summed E-state index contributed by atoms with van der Waals surface area (Å²) in [5.74, 6) is 0. The van der Waals surface area contributed by atoms with Crippen LogP contribution >= 0.6 is 15.9 Å². The number of rotatable bonds is 4. The lowest BCUT2D eigenvalue weighted by Crippen LogP contribution is -2.04. The normalized spacial score (nSPS) is 9.93. The van der Waals surface area contributed by atoms with Crippen LogP contribution in [0.1, 0.15) is 18.9 Å². The van der Waals surface area contributed by atoms with E-state index in [0.29, 0.717) is 0 Å². The molecular weight excluding hydrogens is 238 g/mol. The number of hydrogen-bond donors (Lipinski definition) is 1. The Kier molecular flexibility index (Phi) is 4.21. The van der Waals surface area contributed by atoms with E-state index in [1.807, 2.05) is 6.07 Å². The van der Waals surface area contributed by atoms with Crippen molar-refractivity contribution in [2.45, 2.75) is 20.3 Å². The van der Waals surface area contributed by atoms with Crippen LogP contribution in [-0.2, 0) is 0 Å². The molecule has 0 radical (unpaired) electrons. The molecule has 0 heterocycles. The number of hydrogen-bond acceptors (Lipinski definition) is 1. The summed E-state index contributed by atoms with van der Waals surface area (Å²) in [5, 5.41) is 3.37. The van der Waals surface area contributed by atoms with Crippen LogP contribution in [0.3, 0.4) is 0 Å². The van der Waals surface area contributed by atoms with Crippen LogP contribution < -0.4 is 5.32 Å². The zero-order valence-electron chi connectivity index (χ0n) is 8.73. The van der Waals surface area contributed by atoms with E-state index in [-0.39, 0.29) is 0 Å². The average Bonchev–Trinajstić information content (AvgIpc) is 2.20. The minimum atomic E-state index is 0.855. The molecule has 1 aromatic rings. The topological polar surface area (TPSA) is 12.0 Å². The molecule has 0 atom stereocenters. The second kappa shape index (κ2) is 5.20. The fourth-order valence-electron chi connectivity index (χ4n) is 1.14. The summed E-state index contributed by atoms with van der Waals surface area (Å²) in [6.07, 6.45) is 1.03. The number of benzene rings is 1. The molecular formula is C12H16BrN. The predicted molar refractivity (Wildman–Crippen MR) is 66.8 cm³/mol. The first kappa shape index (κ1) is 11.3. The van der Waals surface area contributed by atoms with Crippen molar-refractivity contribution in [1.82, 2.24) is 0 Å². The van der Waals surface area contributed by atoms with Gasteiger partial charge in [-0.05, 0) is 31.0 Å². The lowest BCUT2D eigenvalue weighted by molar-refractivity contribution is 1.05. The maximum absolute atomic E-state index is 3.97. The van der Waals surface area contributed by atoms with Crippen LogP contribution in [0, 0.1) is 6.92 Å². The third-order valence-corrected chi connectivity index (χ3v) is 3.16. The van der Waals surface area contributed by atoms with Crippen LogP contribution in [0.15, 0.2) is 34.8 Å². The fourth-order valence-corrected chi connectivity index (χ4v) is 1.51. The molecule has 0 aliphatic carbocycles. The van der Waals surface area contributed by atoms with Crippen LogP contribution in [0.25, 0.3) is 0 Å². The Bertz CT molecular complexity index is 331. The van der Waals surface area contributed by atoms with E-state index in [9.17, 15) is 0 Å². The fraction of sp³-hybridized carbons (Fsp3) is 0.333. The van der Waals surface area contributed by atoms with Gasteiger partial charge in [-0.25, -0.2) is 0 Å². The summed E-state index contributed by atoms with van der Waals surface area (Å²) in [6.45, 7) is 9.04. The Morgan fingerprint density at radius 3 is 2.86 bits per heavy atom. The minimum Gasteiger partial charge on any atom is -0.381 e. The quantitative estimate of drug-likeness (QED) is 0.796. The Balaban J connectivity index is 2.68. The molecule has 0 bridgehead atoms. The molecule has 76 valence electrons. The molecule has 0 unspecified atom stereocenters. The highest BCUT2D eigenvalue weighted by Crippen LogP contribution is 2.23. The zero-order chi connectivity index (χ0) is 10.6. The van der Waals surface area contributed by atoms with Crippen molar-refractivity contribution < 1.29 is 0 Å². The Morgan fingerprint density at radius 2 is 2.21 bits per heavy atom. The molecule has 1 N–H and O–H groups in total. The monoisotopic (exact) mass is 253 g/mol. The summed E-state index contributed by atoms with van der Waals surface area (Å²) < 4.78 is 1.14. The number of halogens is 1. The van der Waals surface area contributed by atoms with Gasteiger partial charge in [-0.2, -0.15) is 0 Å². The van der Waals surface area contributed by atoms with Crippen molar-refractivity contribution >= 4 is 21.6 Å². The molecule has 0 fully saturated rings. The third kappa shape index (κ3) is 2.88. The van der Waals surface area contributed by atoms with Gasteiger partial charge in [0.2, 0.25) is 0 Å². The molecule has 0 saturated heterocycles. The Morgan fingerprint density at radius 1 is 1.50 bits per heavy atom. The van der Waals surface area contributed by atoms with Crippen molar-refractivity contribution in [1.29, 1.82) is 0 Å². The molecule has 0 amide bonds. The highest BCUT2D eigenvalue weighted by Gasteiger charge is 2.00. The van der Waals surface area contributed by atoms with Crippen LogP contribution in [0.4, 0.5) is 5.69 Å². The van der Waals surface area contributed by atoms with E-state index in [1.165, 1.54) is 16.8 Å². The lowest BCUT2D eigenvalue weighted by atomic mass is 10.2. The maximum Gasteiger partial charge on any atom is 0.0383 e. The van der Waals surface area contributed by atoms with Gasteiger partial charge in [-0.15, -0.1) is 0 Å². The van der Waals surface area contributed by atoms with Crippen molar-refractivity contribution in [2.24, 2.45) is 0 Å². The van der Waals surface area contributed by atoms with E-state index in [2.05, 4.69) is 53.8 Å². The van der Waals surface area contributed by atoms with Crippen molar-refractivity contribution in [3.05, 3.63) is 40.4 Å². The predicted octanol–water partition coefficient (Wildman–Crippen LogP) is 4.14. The van der Waals surface area contributed by atoms with E-state index in [1.54, 1.807) is 0 Å². The second-order valence-corrected chi connectivity index (χ2v) is 4.22. The Hall–Kier alpha value is -0.760. The molecule has 0 aromatic heterocycles. The molecule has 0 saturated carbocycles. The summed E-state index contributed by atoms with van der Waals surface area (Å²) in [5.41, 5.74) is 3.65. The molecule has 1 aromatic carbocycles. The van der Waals surface area contributed by atoms with Gasteiger partial charge < -0.3 is 5.32 Å². The van der Waals surface area contributed by atoms with Crippen molar-refractivity contribution in [2.75, 3.05) is 11.9 Å². The molecule has 0 aliphatic rings. The molecule has 1 nitrogen and oxygen atoms in total.